The van der Waals surface area contributed by atoms with Gasteiger partial charge < -0.3 is 10.1 Å². The van der Waals surface area contributed by atoms with Gasteiger partial charge in [0.1, 0.15) is 0 Å². The van der Waals surface area contributed by atoms with Crippen LogP contribution in [0.15, 0.2) is 34.3 Å². The molecule has 0 unspecified atom stereocenters. The first kappa shape index (κ1) is 21.1. The number of anilines is 1. The zero-order valence-corrected chi connectivity index (χ0v) is 18.2. The molecular weight excluding hydrogens is 410 g/mol. The van der Waals surface area contributed by atoms with Crippen LogP contribution in [0.1, 0.15) is 17.0 Å². The van der Waals surface area contributed by atoms with E-state index in [4.69, 9.17) is 4.74 Å². The second-order valence-electron chi connectivity index (χ2n) is 6.19. The molecule has 0 saturated carbocycles. The van der Waals surface area contributed by atoms with Crippen molar-refractivity contribution >= 4 is 46.9 Å². The quantitative estimate of drug-likeness (QED) is 0.450. The van der Waals surface area contributed by atoms with Crippen LogP contribution in [0.2, 0.25) is 0 Å². The Morgan fingerprint density at radius 2 is 1.97 bits per heavy atom. The number of carbonyl (C=O) groups excluding carboxylic acids is 2. The van der Waals surface area contributed by atoms with Crippen molar-refractivity contribution in [3.8, 4) is 0 Å². The monoisotopic (exact) mass is 431 g/mol. The Labute approximate surface area is 176 Å². The first-order chi connectivity index (χ1) is 13.9. The van der Waals surface area contributed by atoms with Gasteiger partial charge in [0, 0.05) is 27.5 Å². The highest BCUT2D eigenvalue weighted by atomic mass is 32.2. The number of ether oxygens (including phenoxy) is 1. The number of esters is 1. The molecule has 0 radical (unpaired) electrons. The number of thioether (sulfide) groups is 2. The van der Waals surface area contributed by atoms with Gasteiger partial charge in [-0.3, -0.25) is 9.59 Å². The van der Waals surface area contributed by atoms with Crippen LogP contribution in [-0.4, -0.2) is 50.6 Å². The number of fused-ring (bicyclic) bond motifs is 1. The molecule has 10 heteroatoms. The summed E-state index contributed by atoms with van der Waals surface area (Å²) in [7, 11) is 0. The molecule has 2 heterocycles. The third kappa shape index (κ3) is 5.07. The van der Waals surface area contributed by atoms with Gasteiger partial charge in [0.15, 0.2) is 6.61 Å². The summed E-state index contributed by atoms with van der Waals surface area (Å²) in [6, 6.07) is 7.45. The van der Waals surface area contributed by atoms with E-state index < -0.39 is 5.97 Å². The molecule has 0 aliphatic carbocycles. The van der Waals surface area contributed by atoms with Crippen LogP contribution in [0.3, 0.4) is 0 Å². The smallest absolute Gasteiger partial charge is 0.310 e. The molecule has 0 fully saturated rings. The minimum atomic E-state index is -0.504. The van der Waals surface area contributed by atoms with E-state index in [2.05, 4.69) is 20.4 Å². The van der Waals surface area contributed by atoms with Crippen LogP contribution >= 0.6 is 23.5 Å². The lowest BCUT2D eigenvalue weighted by Gasteiger charge is -2.11. The third-order valence-electron chi connectivity index (χ3n) is 4.25. The fourth-order valence-corrected chi connectivity index (χ4v) is 3.57. The fraction of sp³-hybridized carbons (Fsp3) is 0.316. The molecular formula is C19H21N5O3S2. The standard InChI is InChI=1S/C19H21N5O3S2/c1-11-15(12(2)24-18(20-11)22-19(23-24)29-4)9-17(26)27-10-16(25)21-13-6-5-7-14(8-13)28-3/h5-8H,9-10H2,1-4H3,(H,21,25). The van der Waals surface area contributed by atoms with Crippen molar-refractivity contribution in [2.75, 3.05) is 24.4 Å². The second kappa shape index (κ2) is 9.27. The minimum absolute atomic E-state index is 0.00427. The molecule has 152 valence electrons. The molecule has 29 heavy (non-hydrogen) atoms. The first-order valence-electron chi connectivity index (χ1n) is 8.77. The summed E-state index contributed by atoms with van der Waals surface area (Å²) in [6.07, 6.45) is 3.85. The lowest BCUT2D eigenvalue weighted by Crippen LogP contribution is -2.22. The highest BCUT2D eigenvalue weighted by Gasteiger charge is 2.17. The Kier molecular flexibility index (Phi) is 6.75. The minimum Gasteiger partial charge on any atom is -0.455 e. The molecule has 2 aromatic heterocycles. The molecule has 8 nitrogen and oxygen atoms in total. The normalized spacial score (nSPS) is 10.9. The van der Waals surface area contributed by atoms with E-state index in [1.54, 1.807) is 22.3 Å². The molecule has 1 aromatic carbocycles. The predicted octanol–water partition coefficient (Wildman–Crippen LogP) is 2.91. The zero-order valence-electron chi connectivity index (χ0n) is 16.6. The summed E-state index contributed by atoms with van der Waals surface area (Å²) in [5, 5.41) is 7.70. The van der Waals surface area contributed by atoms with E-state index in [1.165, 1.54) is 11.8 Å². The van der Waals surface area contributed by atoms with E-state index in [9.17, 15) is 9.59 Å². The van der Waals surface area contributed by atoms with Crippen LogP contribution in [0, 0.1) is 13.8 Å². The molecule has 0 aliphatic rings. The number of aromatic nitrogens is 4. The lowest BCUT2D eigenvalue weighted by molar-refractivity contribution is -0.146. The molecule has 1 amide bonds. The van der Waals surface area contributed by atoms with Gasteiger partial charge in [-0.15, -0.1) is 16.9 Å². The molecule has 0 aliphatic heterocycles. The third-order valence-corrected chi connectivity index (χ3v) is 5.51. The summed E-state index contributed by atoms with van der Waals surface area (Å²) in [6.45, 7) is 3.32. The number of benzene rings is 1. The van der Waals surface area contributed by atoms with Crippen molar-refractivity contribution in [1.29, 1.82) is 0 Å². The zero-order chi connectivity index (χ0) is 21.0. The van der Waals surface area contributed by atoms with Gasteiger partial charge in [-0.1, -0.05) is 17.8 Å². The molecule has 0 atom stereocenters. The first-order valence-corrected chi connectivity index (χ1v) is 11.2. The van der Waals surface area contributed by atoms with Gasteiger partial charge in [-0.2, -0.15) is 4.98 Å². The van der Waals surface area contributed by atoms with Gasteiger partial charge in [0.05, 0.1) is 6.42 Å². The maximum atomic E-state index is 12.3. The van der Waals surface area contributed by atoms with Crippen molar-refractivity contribution in [2.24, 2.45) is 0 Å². The Morgan fingerprint density at radius 1 is 1.17 bits per heavy atom. The van der Waals surface area contributed by atoms with E-state index in [1.807, 2.05) is 44.6 Å². The van der Waals surface area contributed by atoms with Gasteiger partial charge in [-0.05, 0) is 44.6 Å². The number of nitrogens with zero attached hydrogens (tertiary/aromatic N) is 4. The van der Waals surface area contributed by atoms with Crippen LogP contribution in [-0.2, 0) is 20.7 Å². The van der Waals surface area contributed by atoms with Crippen molar-refractivity contribution in [3.05, 3.63) is 41.2 Å². The summed E-state index contributed by atoms with van der Waals surface area (Å²) < 4.78 is 6.77. The van der Waals surface area contributed by atoms with Crippen LogP contribution in [0.25, 0.3) is 5.78 Å². The number of hydrogen-bond donors (Lipinski definition) is 1. The largest absolute Gasteiger partial charge is 0.455 e. The summed E-state index contributed by atoms with van der Waals surface area (Å²) >= 11 is 3.00. The molecule has 3 rings (SSSR count). The van der Waals surface area contributed by atoms with Crippen molar-refractivity contribution in [1.82, 2.24) is 19.6 Å². The molecule has 0 spiro atoms. The average Bonchev–Trinajstić information content (AvgIpc) is 3.13. The van der Waals surface area contributed by atoms with E-state index in [0.29, 0.717) is 27.9 Å². The number of aryl methyl sites for hydroxylation is 2. The highest BCUT2D eigenvalue weighted by molar-refractivity contribution is 7.98. The summed E-state index contributed by atoms with van der Waals surface area (Å²) in [5.74, 6) is -0.400. The van der Waals surface area contributed by atoms with Crippen molar-refractivity contribution in [3.63, 3.8) is 0 Å². The topological polar surface area (TPSA) is 98.5 Å². The number of rotatable bonds is 7. The van der Waals surface area contributed by atoms with E-state index in [-0.39, 0.29) is 18.9 Å². The Hall–Kier alpha value is -2.59. The average molecular weight is 432 g/mol. The number of nitrogens with one attached hydrogen (secondary N) is 1. The van der Waals surface area contributed by atoms with E-state index in [0.717, 1.165) is 10.6 Å². The fourth-order valence-electron chi connectivity index (χ4n) is 2.77. The second-order valence-corrected chi connectivity index (χ2v) is 7.84. The lowest BCUT2D eigenvalue weighted by atomic mass is 10.1. The predicted molar refractivity (Wildman–Crippen MR) is 114 cm³/mol. The maximum absolute atomic E-state index is 12.3. The summed E-state index contributed by atoms with van der Waals surface area (Å²) in [4.78, 5) is 34.1. The highest BCUT2D eigenvalue weighted by Crippen LogP contribution is 2.19. The van der Waals surface area contributed by atoms with Gasteiger partial charge >= 0.3 is 5.97 Å². The van der Waals surface area contributed by atoms with Gasteiger partial charge in [-0.25, -0.2) is 9.50 Å². The van der Waals surface area contributed by atoms with Gasteiger partial charge in [0.25, 0.3) is 11.7 Å². The van der Waals surface area contributed by atoms with Crippen LogP contribution in [0.4, 0.5) is 5.69 Å². The van der Waals surface area contributed by atoms with Crippen molar-refractivity contribution < 1.29 is 14.3 Å². The number of amides is 1. The number of hydrogen-bond acceptors (Lipinski definition) is 8. The van der Waals surface area contributed by atoms with Crippen molar-refractivity contribution in [2.45, 2.75) is 30.3 Å². The Bertz CT molecular complexity index is 1070. The van der Waals surface area contributed by atoms with Gasteiger partial charge in [0.2, 0.25) is 5.16 Å². The van der Waals surface area contributed by atoms with Crippen LogP contribution in [0.5, 0.6) is 0 Å². The molecule has 3 aromatic rings. The Balaban J connectivity index is 1.62. The molecule has 0 saturated heterocycles. The maximum Gasteiger partial charge on any atom is 0.310 e. The van der Waals surface area contributed by atoms with Crippen LogP contribution < -0.4 is 5.32 Å². The molecule has 0 bridgehead atoms. The number of carbonyl (C=O) groups is 2. The molecule has 1 N–H and O–H groups in total. The SMILES string of the molecule is CSc1cccc(NC(=O)COC(=O)Cc2c(C)nc3nc(SC)nn3c2C)c1. The Morgan fingerprint density at radius 3 is 2.69 bits per heavy atom. The summed E-state index contributed by atoms with van der Waals surface area (Å²) in [5.41, 5.74) is 2.84. The van der Waals surface area contributed by atoms with E-state index >= 15 is 0 Å².